The van der Waals surface area contributed by atoms with E-state index in [1.54, 1.807) is 21.0 Å². The normalized spacial score (nSPS) is 10.3. The molecule has 2 N–H and O–H groups in total. The minimum absolute atomic E-state index is 0.173. The zero-order valence-corrected chi connectivity index (χ0v) is 12.6. The molecule has 1 amide bonds. The average molecular weight is 284 g/mol. The summed E-state index contributed by atoms with van der Waals surface area (Å²) < 4.78 is 5.01. The number of nitrogens with zero attached hydrogens (tertiary/aromatic N) is 1. The summed E-state index contributed by atoms with van der Waals surface area (Å²) in [6.45, 7) is 4.05. The standard InChI is InChI=1S/C13H20N2O3S/c1-5-7-8-9(12(16)15(3)4)11(14)19-10(8)13(17)18-6-2/h5-7,14H2,1-4H3. The Balaban J connectivity index is 3.31. The van der Waals surface area contributed by atoms with Crippen LogP contribution in [-0.4, -0.2) is 37.5 Å². The van der Waals surface area contributed by atoms with Crippen LogP contribution in [0.2, 0.25) is 0 Å². The molecule has 0 radical (unpaired) electrons. The van der Waals surface area contributed by atoms with E-state index in [1.165, 1.54) is 4.90 Å². The fourth-order valence-electron chi connectivity index (χ4n) is 1.79. The van der Waals surface area contributed by atoms with E-state index in [-0.39, 0.29) is 5.91 Å². The third kappa shape index (κ3) is 3.26. The van der Waals surface area contributed by atoms with Crippen molar-refractivity contribution in [1.82, 2.24) is 4.90 Å². The van der Waals surface area contributed by atoms with Crippen LogP contribution in [-0.2, 0) is 11.2 Å². The highest BCUT2D eigenvalue weighted by molar-refractivity contribution is 7.18. The van der Waals surface area contributed by atoms with Gasteiger partial charge in [0.25, 0.3) is 5.91 Å². The molecule has 0 aliphatic carbocycles. The van der Waals surface area contributed by atoms with Crippen LogP contribution in [0.1, 0.15) is 45.9 Å². The maximum absolute atomic E-state index is 12.2. The lowest BCUT2D eigenvalue weighted by Crippen LogP contribution is -2.23. The molecular formula is C13H20N2O3S. The van der Waals surface area contributed by atoms with Crippen LogP contribution in [0.25, 0.3) is 0 Å². The lowest BCUT2D eigenvalue weighted by Gasteiger charge is -2.12. The summed E-state index contributed by atoms with van der Waals surface area (Å²) in [5, 5.41) is 0.380. The first-order valence-electron chi connectivity index (χ1n) is 6.23. The Morgan fingerprint density at radius 1 is 1.32 bits per heavy atom. The summed E-state index contributed by atoms with van der Waals surface area (Å²) in [5.41, 5.74) is 7.06. The van der Waals surface area contributed by atoms with Crippen molar-refractivity contribution in [2.24, 2.45) is 0 Å². The largest absolute Gasteiger partial charge is 0.462 e. The van der Waals surface area contributed by atoms with Crippen LogP contribution in [0.15, 0.2) is 0 Å². The van der Waals surface area contributed by atoms with E-state index in [2.05, 4.69) is 0 Å². The number of ether oxygens (including phenoxy) is 1. The molecule has 19 heavy (non-hydrogen) atoms. The molecule has 1 aromatic rings. The molecule has 1 aromatic heterocycles. The van der Waals surface area contributed by atoms with Crippen molar-refractivity contribution < 1.29 is 14.3 Å². The quantitative estimate of drug-likeness (QED) is 0.841. The number of esters is 1. The molecule has 5 nitrogen and oxygen atoms in total. The number of rotatable bonds is 5. The summed E-state index contributed by atoms with van der Waals surface area (Å²) in [6, 6.07) is 0. The molecule has 0 spiro atoms. The Kier molecular flexibility index (Phi) is 5.35. The molecule has 106 valence electrons. The van der Waals surface area contributed by atoms with Gasteiger partial charge in [0.2, 0.25) is 0 Å². The third-order valence-electron chi connectivity index (χ3n) is 2.62. The first kappa shape index (κ1) is 15.5. The van der Waals surface area contributed by atoms with Gasteiger partial charge in [0.15, 0.2) is 0 Å². The highest BCUT2D eigenvalue weighted by Gasteiger charge is 2.26. The van der Waals surface area contributed by atoms with Gasteiger partial charge in [0.1, 0.15) is 4.88 Å². The van der Waals surface area contributed by atoms with E-state index >= 15 is 0 Å². The van der Waals surface area contributed by atoms with Crippen LogP contribution in [0, 0.1) is 0 Å². The number of carbonyl (C=O) groups is 2. The second-order valence-corrected chi connectivity index (χ2v) is 5.37. The first-order chi connectivity index (χ1) is 8.93. The van der Waals surface area contributed by atoms with Gasteiger partial charge in [0.05, 0.1) is 17.2 Å². The zero-order valence-electron chi connectivity index (χ0n) is 11.8. The van der Waals surface area contributed by atoms with Crippen molar-refractivity contribution in [3.63, 3.8) is 0 Å². The summed E-state index contributed by atoms with van der Waals surface area (Å²) in [7, 11) is 3.33. The molecule has 0 aliphatic heterocycles. The fourth-order valence-corrected chi connectivity index (χ4v) is 2.80. The topological polar surface area (TPSA) is 72.6 Å². The smallest absolute Gasteiger partial charge is 0.348 e. The van der Waals surface area contributed by atoms with Gasteiger partial charge in [-0.15, -0.1) is 11.3 Å². The lowest BCUT2D eigenvalue weighted by atomic mass is 10.0. The molecule has 0 saturated heterocycles. The minimum atomic E-state index is -0.402. The number of carbonyl (C=O) groups excluding carboxylic acids is 2. The van der Waals surface area contributed by atoms with E-state index in [0.29, 0.717) is 34.0 Å². The van der Waals surface area contributed by atoms with E-state index < -0.39 is 5.97 Å². The van der Waals surface area contributed by atoms with Crippen molar-refractivity contribution in [3.05, 3.63) is 16.0 Å². The molecular weight excluding hydrogens is 264 g/mol. The van der Waals surface area contributed by atoms with Crippen LogP contribution >= 0.6 is 11.3 Å². The average Bonchev–Trinajstić information content (AvgIpc) is 2.66. The Morgan fingerprint density at radius 3 is 2.42 bits per heavy atom. The highest BCUT2D eigenvalue weighted by atomic mass is 32.1. The lowest BCUT2D eigenvalue weighted by molar-refractivity contribution is 0.0531. The van der Waals surface area contributed by atoms with E-state index in [0.717, 1.165) is 17.8 Å². The monoisotopic (exact) mass is 284 g/mol. The Bertz CT molecular complexity index is 480. The molecule has 0 saturated carbocycles. The van der Waals surface area contributed by atoms with Gasteiger partial charge in [-0.25, -0.2) is 4.79 Å². The van der Waals surface area contributed by atoms with Gasteiger partial charge >= 0.3 is 5.97 Å². The number of hydrogen-bond acceptors (Lipinski definition) is 5. The predicted molar refractivity (Wildman–Crippen MR) is 76.7 cm³/mol. The maximum atomic E-state index is 12.2. The molecule has 0 atom stereocenters. The van der Waals surface area contributed by atoms with Gasteiger partial charge in [0, 0.05) is 14.1 Å². The van der Waals surface area contributed by atoms with Crippen molar-refractivity contribution in [3.8, 4) is 0 Å². The molecule has 0 aliphatic rings. The third-order valence-corrected chi connectivity index (χ3v) is 3.66. The van der Waals surface area contributed by atoms with E-state index in [4.69, 9.17) is 10.5 Å². The van der Waals surface area contributed by atoms with Crippen LogP contribution in [0.5, 0.6) is 0 Å². The van der Waals surface area contributed by atoms with Gasteiger partial charge < -0.3 is 15.4 Å². The fraction of sp³-hybridized carbons (Fsp3) is 0.538. The second-order valence-electron chi connectivity index (χ2n) is 4.32. The van der Waals surface area contributed by atoms with Crippen molar-refractivity contribution >= 4 is 28.2 Å². The van der Waals surface area contributed by atoms with Crippen molar-refractivity contribution in [1.29, 1.82) is 0 Å². The first-order valence-corrected chi connectivity index (χ1v) is 7.05. The summed E-state index contributed by atoms with van der Waals surface area (Å²) in [4.78, 5) is 26.0. The number of hydrogen-bond donors (Lipinski definition) is 1. The molecule has 1 rings (SSSR count). The molecule has 0 bridgehead atoms. The van der Waals surface area contributed by atoms with Gasteiger partial charge in [-0.2, -0.15) is 0 Å². The summed E-state index contributed by atoms with van der Waals surface area (Å²) in [6.07, 6.45) is 1.47. The van der Waals surface area contributed by atoms with Crippen LogP contribution in [0.4, 0.5) is 5.00 Å². The zero-order chi connectivity index (χ0) is 14.6. The van der Waals surface area contributed by atoms with Crippen LogP contribution in [0.3, 0.4) is 0 Å². The predicted octanol–water partition coefficient (Wildman–Crippen LogP) is 2.16. The number of thiophene rings is 1. The van der Waals surface area contributed by atoms with Gasteiger partial charge in [-0.3, -0.25) is 4.79 Å². The molecule has 0 unspecified atom stereocenters. The number of amides is 1. The number of anilines is 1. The maximum Gasteiger partial charge on any atom is 0.348 e. The second kappa shape index (κ2) is 6.56. The summed E-state index contributed by atoms with van der Waals surface area (Å²) in [5.74, 6) is -0.576. The molecule has 1 heterocycles. The van der Waals surface area contributed by atoms with Gasteiger partial charge in [-0.05, 0) is 18.9 Å². The van der Waals surface area contributed by atoms with Crippen LogP contribution < -0.4 is 5.73 Å². The molecule has 0 aromatic carbocycles. The highest BCUT2D eigenvalue weighted by Crippen LogP contribution is 2.33. The molecule has 6 heteroatoms. The van der Waals surface area contributed by atoms with Crippen molar-refractivity contribution in [2.75, 3.05) is 26.4 Å². The Labute approximate surface area is 117 Å². The van der Waals surface area contributed by atoms with Crippen molar-refractivity contribution in [2.45, 2.75) is 26.7 Å². The minimum Gasteiger partial charge on any atom is -0.462 e. The Morgan fingerprint density at radius 2 is 1.95 bits per heavy atom. The number of nitrogens with two attached hydrogens (primary N) is 1. The van der Waals surface area contributed by atoms with E-state index in [1.807, 2.05) is 6.92 Å². The van der Waals surface area contributed by atoms with E-state index in [9.17, 15) is 9.59 Å². The summed E-state index contributed by atoms with van der Waals surface area (Å²) >= 11 is 1.13. The van der Waals surface area contributed by atoms with Gasteiger partial charge in [-0.1, -0.05) is 13.3 Å². The molecule has 0 fully saturated rings. The number of nitrogen functional groups attached to an aromatic ring is 1. The Hall–Kier alpha value is -1.56. The SMILES string of the molecule is CCCc1c(C(=O)OCC)sc(N)c1C(=O)N(C)C.